The smallest absolute Gasteiger partial charge is 0.337 e. The fraction of sp³-hybridized carbons (Fsp3) is 0.125. The zero-order valence-corrected chi connectivity index (χ0v) is 18.4. The van der Waals surface area contributed by atoms with Crippen molar-refractivity contribution in [3.63, 3.8) is 0 Å². The number of halogens is 1. The van der Waals surface area contributed by atoms with Crippen LogP contribution < -0.4 is 4.31 Å². The number of esters is 1. The van der Waals surface area contributed by atoms with Gasteiger partial charge < -0.3 is 9.84 Å². The zero-order valence-electron chi connectivity index (χ0n) is 17.6. The molecule has 0 unspecified atom stereocenters. The van der Waals surface area contributed by atoms with E-state index in [9.17, 15) is 22.7 Å². The van der Waals surface area contributed by atoms with E-state index in [1.54, 1.807) is 6.07 Å². The number of phenols is 1. The van der Waals surface area contributed by atoms with Crippen LogP contribution in [0.3, 0.4) is 0 Å². The highest BCUT2D eigenvalue weighted by Gasteiger charge is 2.31. The number of nitrogens with zero attached hydrogens (tertiary/aromatic N) is 1. The van der Waals surface area contributed by atoms with Crippen molar-refractivity contribution in [2.75, 3.05) is 18.0 Å². The van der Waals surface area contributed by atoms with Gasteiger partial charge in [0.15, 0.2) is 0 Å². The molecule has 0 saturated heterocycles. The number of methoxy groups -OCH3 is 1. The molecule has 0 aliphatic rings. The van der Waals surface area contributed by atoms with Gasteiger partial charge in [-0.25, -0.2) is 17.6 Å². The molecular formula is C24H22FNO5S. The molecule has 0 aromatic heterocycles. The normalized spacial score (nSPS) is 11.1. The molecule has 32 heavy (non-hydrogen) atoms. The third-order valence-electron chi connectivity index (χ3n) is 4.87. The third kappa shape index (κ3) is 4.36. The number of aryl methyl sites for hydroxylation is 1. The van der Waals surface area contributed by atoms with Gasteiger partial charge in [-0.1, -0.05) is 42.5 Å². The largest absolute Gasteiger partial charge is 0.506 e. The topological polar surface area (TPSA) is 83.9 Å². The van der Waals surface area contributed by atoms with Crippen LogP contribution in [0.15, 0.2) is 78.2 Å². The predicted octanol–water partition coefficient (Wildman–Crippen LogP) is 4.67. The van der Waals surface area contributed by atoms with Gasteiger partial charge in [0, 0.05) is 0 Å². The number of sulfonamides is 1. The molecule has 166 valence electrons. The minimum atomic E-state index is -4.49. The van der Waals surface area contributed by atoms with Gasteiger partial charge in [-0.3, -0.25) is 4.31 Å². The fourth-order valence-electron chi connectivity index (χ4n) is 3.26. The van der Waals surface area contributed by atoms with Crippen LogP contribution >= 0.6 is 0 Å². The van der Waals surface area contributed by atoms with Gasteiger partial charge in [-0.05, 0) is 47.9 Å². The van der Waals surface area contributed by atoms with Gasteiger partial charge in [0.2, 0.25) is 0 Å². The summed E-state index contributed by atoms with van der Waals surface area (Å²) in [5.74, 6) is -2.07. The van der Waals surface area contributed by atoms with E-state index < -0.39 is 32.5 Å². The number of carbonyl (C=O) groups is 1. The number of ether oxygens (including phenoxy) is 1. The maximum Gasteiger partial charge on any atom is 0.337 e. The molecule has 0 bridgehead atoms. The Hall–Kier alpha value is -3.65. The Labute approximate surface area is 186 Å². The van der Waals surface area contributed by atoms with Crippen molar-refractivity contribution >= 4 is 21.7 Å². The maximum absolute atomic E-state index is 14.9. The Kier molecular flexibility index (Phi) is 6.64. The highest BCUT2D eigenvalue weighted by molar-refractivity contribution is 7.93. The molecule has 0 atom stereocenters. The highest BCUT2D eigenvalue weighted by atomic mass is 32.2. The number of aromatic hydroxyl groups is 1. The van der Waals surface area contributed by atoms with Crippen LogP contribution in [0.1, 0.15) is 15.9 Å². The van der Waals surface area contributed by atoms with Gasteiger partial charge >= 0.3 is 5.97 Å². The van der Waals surface area contributed by atoms with Gasteiger partial charge in [0.05, 0.1) is 24.9 Å². The van der Waals surface area contributed by atoms with Crippen LogP contribution in [-0.2, 0) is 14.8 Å². The minimum Gasteiger partial charge on any atom is -0.506 e. The lowest BCUT2D eigenvalue weighted by molar-refractivity contribution is 0.0600. The standard InChI is InChI=1S/C24H22FNO5S/c1-4-12-26(21-14-18(10-11-20(21)25)17-8-6-5-7-9-17)32(29,30)22-15-19(24(28)31-3)13-16(2)23(22)27/h4-11,13-15,27H,1,12H2,2-3H3. The summed E-state index contributed by atoms with van der Waals surface area (Å²) in [7, 11) is -3.33. The monoisotopic (exact) mass is 455 g/mol. The first kappa shape index (κ1) is 23.0. The molecule has 3 aromatic carbocycles. The predicted molar refractivity (Wildman–Crippen MR) is 121 cm³/mol. The first-order valence-corrected chi connectivity index (χ1v) is 11.0. The Balaban J connectivity index is 2.21. The Morgan fingerprint density at radius 3 is 2.44 bits per heavy atom. The second-order valence-electron chi connectivity index (χ2n) is 6.99. The quantitative estimate of drug-likeness (QED) is 0.413. The number of rotatable bonds is 7. The van der Waals surface area contributed by atoms with Gasteiger partial charge in [0.1, 0.15) is 16.5 Å². The molecule has 0 spiro atoms. The SMILES string of the molecule is C=CCN(c1cc(-c2ccccc2)ccc1F)S(=O)(=O)c1cc(C(=O)OC)cc(C)c1O. The number of hydrogen-bond donors (Lipinski definition) is 1. The maximum atomic E-state index is 14.9. The minimum absolute atomic E-state index is 0.0570. The number of phenolic OH excluding ortho intramolecular Hbond substituents is 1. The number of anilines is 1. The first-order valence-electron chi connectivity index (χ1n) is 9.61. The second kappa shape index (κ2) is 9.23. The Morgan fingerprint density at radius 1 is 1.12 bits per heavy atom. The molecule has 0 saturated carbocycles. The molecule has 0 amide bonds. The van der Waals surface area contributed by atoms with Gasteiger partial charge in [0.25, 0.3) is 10.0 Å². The number of carbonyl (C=O) groups excluding carboxylic acids is 1. The lowest BCUT2D eigenvalue weighted by Crippen LogP contribution is -2.32. The molecule has 3 aromatic rings. The molecule has 0 aliphatic carbocycles. The van der Waals surface area contributed by atoms with Crippen LogP contribution in [0.4, 0.5) is 10.1 Å². The van der Waals surface area contributed by atoms with E-state index >= 15 is 0 Å². The molecule has 1 N–H and O–H groups in total. The third-order valence-corrected chi connectivity index (χ3v) is 6.66. The van der Waals surface area contributed by atoms with E-state index in [0.717, 1.165) is 23.0 Å². The van der Waals surface area contributed by atoms with E-state index in [-0.39, 0.29) is 23.4 Å². The number of benzene rings is 3. The van der Waals surface area contributed by atoms with Gasteiger partial charge in [-0.2, -0.15) is 0 Å². The van der Waals surface area contributed by atoms with E-state index in [1.165, 1.54) is 31.2 Å². The average molecular weight is 456 g/mol. The summed E-state index contributed by atoms with van der Waals surface area (Å²) in [6.45, 7) is 4.77. The summed E-state index contributed by atoms with van der Waals surface area (Å²) in [6.07, 6.45) is 1.31. The lowest BCUT2D eigenvalue weighted by atomic mass is 10.1. The molecular weight excluding hydrogens is 433 g/mol. The molecule has 0 fully saturated rings. The van der Waals surface area contributed by atoms with Crippen molar-refractivity contribution in [1.29, 1.82) is 0 Å². The Morgan fingerprint density at radius 2 is 1.81 bits per heavy atom. The fourth-order valence-corrected chi connectivity index (χ4v) is 4.87. The summed E-state index contributed by atoms with van der Waals surface area (Å²) < 4.78 is 47.5. The summed E-state index contributed by atoms with van der Waals surface area (Å²) in [5, 5.41) is 10.5. The van der Waals surface area contributed by atoms with Crippen molar-refractivity contribution in [1.82, 2.24) is 0 Å². The van der Waals surface area contributed by atoms with Crippen molar-refractivity contribution in [2.45, 2.75) is 11.8 Å². The lowest BCUT2D eigenvalue weighted by Gasteiger charge is -2.25. The highest BCUT2D eigenvalue weighted by Crippen LogP contribution is 2.35. The second-order valence-corrected chi connectivity index (χ2v) is 8.82. The molecule has 8 heteroatoms. The Bertz CT molecular complexity index is 1270. The summed E-state index contributed by atoms with van der Waals surface area (Å²) in [5.41, 5.74) is 1.26. The van der Waals surface area contributed by atoms with Crippen LogP contribution in [0.25, 0.3) is 11.1 Å². The molecule has 0 heterocycles. The van der Waals surface area contributed by atoms with Crippen molar-refractivity contribution in [2.24, 2.45) is 0 Å². The molecule has 0 aliphatic heterocycles. The van der Waals surface area contributed by atoms with E-state index in [0.29, 0.717) is 5.56 Å². The van der Waals surface area contributed by atoms with E-state index in [2.05, 4.69) is 11.3 Å². The number of hydrogen-bond acceptors (Lipinski definition) is 5. The van der Waals surface area contributed by atoms with Crippen LogP contribution in [0.5, 0.6) is 5.75 Å². The van der Waals surface area contributed by atoms with Crippen LogP contribution in [0, 0.1) is 12.7 Å². The zero-order chi connectivity index (χ0) is 23.5. The summed E-state index contributed by atoms with van der Waals surface area (Å²) >= 11 is 0. The molecule has 6 nitrogen and oxygen atoms in total. The van der Waals surface area contributed by atoms with Crippen LogP contribution in [0.2, 0.25) is 0 Å². The summed E-state index contributed by atoms with van der Waals surface area (Å²) in [6, 6.07) is 15.6. The first-order chi connectivity index (χ1) is 15.2. The van der Waals surface area contributed by atoms with Crippen LogP contribution in [-0.4, -0.2) is 33.1 Å². The average Bonchev–Trinajstić information content (AvgIpc) is 2.79. The van der Waals surface area contributed by atoms with E-state index in [1.807, 2.05) is 30.3 Å². The molecule has 3 rings (SSSR count). The van der Waals surface area contributed by atoms with E-state index in [4.69, 9.17) is 0 Å². The van der Waals surface area contributed by atoms with Crippen molar-refractivity contribution in [3.05, 3.63) is 90.3 Å². The summed E-state index contributed by atoms with van der Waals surface area (Å²) in [4.78, 5) is 11.5. The van der Waals surface area contributed by atoms with Gasteiger partial charge in [-0.15, -0.1) is 6.58 Å². The van der Waals surface area contributed by atoms with Crippen molar-refractivity contribution < 1.29 is 27.4 Å². The molecule has 0 radical (unpaired) electrons. The van der Waals surface area contributed by atoms with Crippen molar-refractivity contribution in [3.8, 4) is 16.9 Å².